The number of rotatable bonds is 2. The van der Waals surface area contributed by atoms with E-state index in [0.29, 0.717) is 29.7 Å². The third-order valence-electron chi connectivity index (χ3n) is 6.16. The Morgan fingerprint density at radius 1 is 1.23 bits per heavy atom. The standard InChI is InChI=1S/C20H23F3N6OS/c1-12-10-24-18(31-12)26-19(30)29-16-5-3-9-28(16)14-6-7-15(25-17(14)29)27-8-2-4-13(11-27)20(21,22)23/h6-7,10,13,16H,2-5,8-9,11H2,1H3,(H,24,26,30). The maximum Gasteiger partial charge on any atom is 0.393 e. The quantitative estimate of drug-likeness (QED) is 0.721. The molecule has 0 bridgehead atoms. The fraction of sp³-hybridized carbons (Fsp3) is 0.550. The van der Waals surface area contributed by atoms with E-state index in [1.165, 1.54) is 11.3 Å². The van der Waals surface area contributed by atoms with Gasteiger partial charge in [0, 0.05) is 30.7 Å². The number of nitrogens with zero attached hydrogens (tertiary/aromatic N) is 5. The molecule has 0 spiro atoms. The first-order valence-electron chi connectivity index (χ1n) is 10.4. The first kappa shape index (κ1) is 20.3. The van der Waals surface area contributed by atoms with Crippen molar-refractivity contribution in [3.8, 4) is 0 Å². The van der Waals surface area contributed by atoms with Crippen molar-refractivity contribution in [3.63, 3.8) is 0 Å². The van der Waals surface area contributed by atoms with Gasteiger partial charge in [-0.3, -0.25) is 10.2 Å². The van der Waals surface area contributed by atoms with E-state index in [0.717, 1.165) is 30.0 Å². The number of carbonyl (C=O) groups is 1. The predicted molar refractivity (Wildman–Crippen MR) is 114 cm³/mol. The topological polar surface area (TPSA) is 64.6 Å². The van der Waals surface area contributed by atoms with Crippen LogP contribution in [0.5, 0.6) is 0 Å². The Morgan fingerprint density at radius 3 is 2.77 bits per heavy atom. The third kappa shape index (κ3) is 3.68. The van der Waals surface area contributed by atoms with Crippen molar-refractivity contribution < 1.29 is 18.0 Å². The summed E-state index contributed by atoms with van der Waals surface area (Å²) in [5, 5.41) is 3.36. The molecular weight excluding hydrogens is 429 g/mol. The molecule has 31 heavy (non-hydrogen) atoms. The van der Waals surface area contributed by atoms with Crippen LogP contribution in [0.4, 0.5) is 40.4 Å². The van der Waals surface area contributed by atoms with Crippen molar-refractivity contribution in [1.82, 2.24) is 9.97 Å². The lowest BCUT2D eigenvalue weighted by Crippen LogP contribution is -2.45. The molecule has 0 aromatic carbocycles. The van der Waals surface area contributed by atoms with Gasteiger partial charge in [0.1, 0.15) is 12.0 Å². The molecule has 0 aliphatic carbocycles. The zero-order valence-corrected chi connectivity index (χ0v) is 17.8. The van der Waals surface area contributed by atoms with Crippen LogP contribution < -0.4 is 20.0 Å². The Morgan fingerprint density at radius 2 is 2.03 bits per heavy atom. The maximum atomic E-state index is 13.3. The molecule has 2 fully saturated rings. The smallest absolute Gasteiger partial charge is 0.356 e. The van der Waals surface area contributed by atoms with E-state index in [2.05, 4.69) is 15.2 Å². The molecule has 2 saturated heterocycles. The second-order valence-corrected chi connectivity index (χ2v) is 9.47. The Labute approximate surface area is 181 Å². The van der Waals surface area contributed by atoms with Crippen molar-refractivity contribution in [1.29, 1.82) is 0 Å². The number of amides is 2. The van der Waals surface area contributed by atoms with Crippen LogP contribution >= 0.6 is 11.3 Å². The molecule has 3 aliphatic rings. The highest BCUT2D eigenvalue weighted by molar-refractivity contribution is 7.15. The van der Waals surface area contributed by atoms with E-state index in [1.54, 1.807) is 22.1 Å². The molecule has 11 heteroatoms. The second kappa shape index (κ2) is 7.54. The SMILES string of the molecule is Cc1cnc(NC(=O)N2c3nc(N4CCCC(C(F)(F)F)C4)ccc3N3CCCC32)s1. The van der Waals surface area contributed by atoms with Gasteiger partial charge in [0.25, 0.3) is 0 Å². The molecular formula is C20H23F3N6OS. The normalized spacial score (nSPS) is 23.2. The van der Waals surface area contributed by atoms with Gasteiger partial charge in [-0.05, 0) is 44.7 Å². The average molecular weight is 453 g/mol. The first-order chi connectivity index (χ1) is 14.8. The molecule has 5 rings (SSSR count). The van der Waals surface area contributed by atoms with Gasteiger partial charge < -0.3 is 9.80 Å². The highest BCUT2D eigenvalue weighted by atomic mass is 32.1. The summed E-state index contributed by atoms with van der Waals surface area (Å²) in [6.07, 6.45) is -0.266. The van der Waals surface area contributed by atoms with Crippen molar-refractivity contribution >= 4 is 39.8 Å². The lowest BCUT2D eigenvalue weighted by Gasteiger charge is -2.34. The third-order valence-corrected chi connectivity index (χ3v) is 6.99. The monoisotopic (exact) mass is 452 g/mol. The van der Waals surface area contributed by atoms with Crippen LogP contribution in [0.2, 0.25) is 0 Å². The molecule has 1 N–H and O–H groups in total. The molecule has 7 nitrogen and oxygen atoms in total. The van der Waals surface area contributed by atoms with Gasteiger partial charge in [-0.1, -0.05) is 0 Å². The number of hydrogen-bond acceptors (Lipinski definition) is 6. The van der Waals surface area contributed by atoms with Crippen molar-refractivity contribution in [2.45, 2.75) is 44.9 Å². The van der Waals surface area contributed by atoms with E-state index in [1.807, 2.05) is 13.0 Å². The highest BCUT2D eigenvalue weighted by Gasteiger charge is 2.45. The summed E-state index contributed by atoms with van der Waals surface area (Å²) in [7, 11) is 0. The van der Waals surface area contributed by atoms with Crippen LogP contribution in [0.1, 0.15) is 30.6 Å². The molecule has 166 valence electrons. The van der Waals surface area contributed by atoms with Gasteiger partial charge >= 0.3 is 12.2 Å². The number of urea groups is 1. The molecule has 2 amide bonds. The molecule has 2 aromatic rings. The zero-order valence-electron chi connectivity index (χ0n) is 17.0. The molecule has 0 radical (unpaired) electrons. The average Bonchev–Trinajstić information content (AvgIpc) is 3.42. The summed E-state index contributed by atoms with van der Waals surface area (Å²) in [6, 6.07) is 3.34. The number of thiazole rings is 1. The van der Waals surface area contributed by atoms with Crippen LogP contribution in [-0.2, 0) is 0 Å². The van der Waals surface area contributed by atoms with E-state index in [4.69, 9.17) is 4.98 Å². The van der Waals surface area contributed by atoms with Gasteiger partial charge in [0.2, 0.25) is 0 Å². The summed E-state index contributed by atoms with van der Waals surface area (Å²) in [5.74, 6) is -0.370. The van der Waals surface area contributed by atoms with Gasteiger partial charge in [-0.15, -0.1) is 11.3 Å². The maximum absolute atomic E-state index is 13.3. The largest absolute Gasteiger partial charge is 0.393 e. The van der Waals surface area contributed by atoms with Gasteiger partial charge in [-0.25, -0.2) is 14.8 Å². The minimum atomic E-state index is -4.21. The number of halogens is 3. The van der Waals surface area contributed by atoms with Crippen molar-refractivity contribution in [2.24, 2.45) is 5.92 Å². The van der Waals surface area contributed by atoms with E-state index in [9.17, 15) is 18.0 Å². The Hall–Kier alpha value is -2.56. The summed E-state index contributed by atoms with van der Waals surface area (Å²) < 4.78 is 39.8. The van der Waals surface area contributed by atoms with Gasteiger partial charge in [-0.2, -0.15) is 13.2 Å². The van der Waals surface area contributed by atoms with Gasteiger partial charge in [0.15, 0.2) is 10.9 Å². The number of pyridine rings is 1. The van der Waals surface area contributed by atoms with Gasteiger partial charge in [0.05, 0.1) is 11.6 Å². The zero-order chi connectivity index (χ0) is 21.8. The van der Waals surface area contributed by atoms with Crippen molar-refractivity contribution in [2.75, 3.05) is 39.7 Å². The van der Waals surface area contributed by atoms with Crippen LogP contribution in [-0.4, -0.2) is 48.0 Å². The first-order valence-corrected chi connectivity index (χ1v) is 11.2. The lowest BCUT2D eigenvalue weighted by molar-refractivity contribution is -0.176. The number of carbonyl (C=O) groups excluding carboxylic acids is 1. The Kier molecular flexibility index (Phi) is 4.95. The summed E-state index contributed by atoms with van der Waals surface area (Å²) >= 11 is 1.39. The second-order valence-electron chi connectivity index (χ2n) is 8.23. The molecule has 2 aromatic heterocycles. The number of fused-ring (bicyclic) bond motifs is 3. The van der Waals surface area contributed by atoms with E-state index >= 15 is 0 Å². The van der Waals surface area contributed by atoms with E-state index < -0.39 is 12.1 Å². The van der Waals surface area contributed by atoms with Crippen LogP contribution in [0.3, 0.4) is 0 Å². The van der Waals surface area contributed by atoms with E-state index in [-0.39, 0.29) is 25.2 Å². The number of piperidine rings is 1. The summed E-state index contributed by atoms with van der Waals surface area (Å²) in [5.41, 5.74) is 0.848. The number of alkyl halides is 3. The number of hydrogen-bond donors (Lipinski definition) is 1. The molecule has 0 saturated carbocycles. The highest BCUT2D eigenvalue weighted by Crippen LogP contribution is 2.44. The molecule has 3 aliphatic heterocycles. The van der Waals surface area contributed by atoms with Crippen LogP contribution in [0, 0.1) is 12.8 Å². The predicted octanol–water partition coefficient (Wildman–Crippen LogP) is 4.60. The molecule has 5 heterocycles. The summed E-state index contributed by atoms with van der Waals surface area (Å²) in [4.78, 5) is 28.5. The van der Waals surface area contributed by atoms with Crippen LogP contribution in [0.15, 0.2) is 18.3 Å². The Bertz CT molecular complexity index is 996. The number of aromatic nitrogens is 2. The van der Waals surface area contributed by atoms with Crippen LogP contribution in [0.25, 0.3) is 0 Å². The lowest BCUT2D eigenvalue weighted by atomic mass is 9.97. The van der Waals surface area contributed by atoms with Crippen molar-refractivity contribution in [3.05, 3.63) is 23.2 Å². The Balaban J connectivity index is 1.44. The number of anilines is 4. The summed E-state index contributed by atoms with van der Waals surface area (Å²) in [6.45, 7) is 3.15. The molecule has 2 unspecified atom stereocenters. The fourth-order valence-electron chi connectivity index (χ4n) is 4.70. The minimum absolute atomic E-state index is 0.104. The number of nitrogens with one attached hydrogen (secondary N) is 1. The number of aryl methyl sites for hydroxylation is 1. The fourth-order valence-corrected chi connectivity index (χ4v) is 5.35. The molecule has 2 atom stereocenters. The minimum Gasteiger partial charge on any atom is -0.356 e.